The first-order valence-electron chi connectivity index (χ1n) is 7.11. The predicted molar refractivity (Wildman–Crippen MR) is 86.2 cm³/mol. The molecule has 0 spiro atoms. The maximum Gasteiger partial charge on any atom is 0.164 e. The van der Waals surface area contributed by atoms with Crippen molar-refractivity contribution in [2.24, 2.45) is 5.92 Å². The van der Waals surface area contributed by atoms with Crippen molar-refractivity contribution in [3.8, 4) is 5.75 Å². The minimum Gasteiger partial charge on any atom is -0.492 e. The average molecular weight is 353 g/mol. The second-order valence-electron chi connectivity index (χ2n) is 5.25. The van der Waals surface area contributed by atoms with Crippen LogP contribution in [0, 0.1) is 5.92 Å². The van der Waals surface area contributed by atoms with Crippen LogP contribution in [-0.2, 0) is 13.1 Å². The Labute approximate surface area is 133 Å². The summed E-state index contributed by atoms with van der Waals surface area (Å²) < 4.78 is 8.50. The van der Waals surface area contributed by atoms with E-state index in [0.29, 0.717) is 25.6 Å². The Hall–Kier alpha value is -1.40. The molecule has 0 aliphatic rings. The van der Waals surface area contributed by atoms with E-state index in [1.54, 1.807) is 6.33 Å². The Bertz CT molecular complexity index is 556. The second-order valence-corrected chi connectivity index (χ2v) is 6.17. The highest BCUT2D eigenvalue weighted by Gasteiger charge is 2.02. The molecule has 0 fully saturated rings. The van der Waals surface area contributed by atoms with Crippen molar-refractivity contribution in [2.75, 3.05) is 13.2 Å². The lowest BCUT2D eigenvalue weighted by Crippen LogP contribution is -2.20. The number of hydrogen-bond acceptors (Lipinski definition) is 4. The molecule has 1 heterocycles. The van der Waals surface area contributed by atoms with Gasteiger partial charge in [0.25, 0.3) is 0 Å². The monoisotopic (exact) mass is 352 g/mol. The standard InChI is InChI=1S/C15H21BrN4O/c1-12(2)9-17-10-15-18-11-20(19-15)6-7-21-14-5-3-4-13(16)8-14/h3-5,8,11-12,17H,6-7,9-10H2,1-2H3. The summed E-state index contributed by atoms with van der Waals surface area (Å²) in [7, 11) is 0. The summed E-state index contributed by atoms with van der Waals surface area (Å²) in [6.45, 7) is 7.29. The molecule has 0 aliphatic carbocycles. The number of nitrogens with one attached hydrogen (secondary N) is 1. The first-order chi connectivity index (χ1) is 10.1. The van der Waals surface area contributed by atoms with Gasteiger partial charge in [-0.05, 0) is 30.7 Å². The fourth-order valence-electron chi connectivity index (χ4n) is 1.81. The molecule has 0 saturated carbocycles. The Morgan fingerprint density at radius 1 is 1.38 bits per heavy atom. The van der Waals surface area contributed by atoms with Crippen LogP contribution in [0.5, 0.6) is 5.75 Å². The summed E-state index contributed by atoms with van der Waals surface area (Å²) in [6.07, 6.45) is 1.75. The van der Waals surface area contributed by atoms with Gasteiger partial charge in [-0.15, -0.1) is 0 Å². The maximum absolute atomic E-state index is 5.68. The van der Waals surface area contributed by atoms with Gasteiger partial charge in [0, 0.05) is 4.47 Å². The number of ether oxygens (including phenoxy) is 1. The van der Waals surface area contributed by atoms with Crippen LogP contribution in [-0.4, -0.2) is 27.9 Å². The minimum absolute atomic E-state index is 0.568. The third-order valence-corrected chi connectivity index (χ3v) is 3.30. The van der Waals surface area contributed by atoms with Crippen molar-refractivity contribution >= 4 is 15.9 Å². The van der Waals surface area contributed by atoms with E-state index in [4.69, 9.17) is 4.74 Å². The molecule has 5 nitrogen and oxygen atoms in total. The highest BCUT2D eigenvalue weighted by Crippen LogP contribution is 2.17. The number of nitrogens with zero attached hydrogens (tertiary/aromatic N) is 3. The summed E-state index contributed by atoms with van der Waals surface area (Å²) in [5.41, 5.74) is 0. The molecule has 0 aliphatic heterocycles. The largest absolute Gasteiger partial charge is 0.492 e. The number of aromatic nitrogens is 3. The van der Waals surface area contributed by atoms with Crippen LogP contribution < -0.4 is 10.1 Å². The summed E-state index contributed by atoms with van der Waals surface area (Å²) in [4.78, 5) is 4.28. The van der Waals surface area contributed by atoms with E-state index in [2.05, 4.69) is 45.2 Å². The molecule has 1 aromatic heterocycles. The quantitative estimate of drug-likeness (QED) is 0.793. The lowest BCUT2D eigenvalue weighted by atomic mass is 10.2. The van der Waals surface area contributed by atoms with Crippen molar-refractivity contribution in [1.82, 2.24) is 20.1 Å². The second kappa shape index (κ2) is 8.14. The Morgan fingerprint density at radius 2 is 2.24 bits per heavy atom. The molecular weight excluding hydrogens is 332 g/mol. The van der Waals surface area contributed by atoms with Crippen LogP contribution >= 0.6 is 15.9 Å². The molecule has 2 aromatic rings. The SMILES string of the molecule is CC(C)CNCc1ncn(CCOc2cccc(Br)c2)n1. The highest BCUT2D eigenvalue weighted by atomic mass is 79.9. The molecule has 1 aromatic carbocycles. The molecular formula is C15H21BrN4O. The van der Waals surface area contributed by atoms with Gasteiger partial charge in [-0.1, -0.05) is 35.8 Å². The molecule has 21 heavy (non-hydrogen) atoms. The summed E-state index contributed by atoms with van der Waals surface area (Å²) in [5.74, 6) is 2.30. The molecule has 1 N–H and O–H groups in total. The molecule has 0 bridgehead atoms. The van der Waals surface area contributed by atoms with Crippen LogP contribution in [0.3, 0.4) is 0 Å². The highest BCUT2D eigenvalue weighted by molar-refractivity contribution is 9.10. The van der Waals surface area contributed by atoms with E-state index in [1.165, 1.54) is 0 Å². The molecule has 0 saturated heterocycles. The van der Waals surface area contributed by atoms with Crippen LogP contribution in [0.4, 0.5) is 0 Å². The van der Waals surface area contributed by atoms with Gasteiger partial charge in [-0.25, -0.2) is 9.67 Å². The third-order valence-electron chi connectivity index (χ3n) is 2.80. The van der Waals surface area contributed by atoms with Gasteiger partial charge < -0.3 is 10.1 Å². The molecule has 114 valence electrons. The lowest BCUT2D eigenvalue weighted by molar-refractivity contribution is 0.290. The van der Waals surface area contributed by atoms with Gasteiger partial charge >= 0.3 is 0 Å². The fraction of sp³-hybridized carbons (Fsp3) is 0.467. The van der Waals surface area contributed by atoms with Crippen molar-refractivity contribution in [1.29, 1.82) is 0 Å². The Morgan fingerprint density at radius 3 is 3.00 bits per heavy atom. The zero-order valence-electron chi connectivity index (χ0n) is 12.4. The van der Waals surface area contributed by atoms with Gasteiger partial charge in [0.2, 0.25) is 0 Å². The molecule has 0 amide bonds. The van der Waals surface area contributed by atoms with Gasteiger partial charge in [-0.3, -0.25) is 0 Å². The number of hydrogen-bond donors (Lipinski definition) is 1. The zero-order valence-corrected chi connectivity index (χ0v) is 14.0. The van der Waals surface area contributed by atoms with Crippen LogP contribution in [0.1, 0.15) is 19.7 Å². The summed E-state index contributed by atoms with van der Waals surface area (Å²) in [6, 6.07) is 7.81. The molecule has 6 heteroatoms. The van der Waals surface area contributed by atoms with E-state index in [1.807, 2.05) is 28.9 Å². The molecule has 0 unspecified atom stereocenters. The molecule has 2 rings (SSSR count). The van der Waals surface area contributed by atoms with Crippen molar-refractivity contribution in [3.05, 3.63) is 40.9 Å². The van der Waals surface area contributed by atoms with Crippen LogP contribution in [0.25, 0.3) is 0 Å². The predicted octanol–water partition coefficient (Wildman–Crippen LogP) is 2.87. The van der Waals surface area contributed by atoms with Crippen molar-refractivity contribution in [2.45, 2.75) is 26.9 Å². The lowest BCUT2D eigenvalue weighted by Gasteiger charge is -2.06. The van der Waals surface area contributed by atoms with Gasteiger partial charge in [0.15, 0.2) is 5.82 Å². The Kier molecular flexibility index (Phi) is 6.20. The third kappa shape index (κ3) is 5.85. The topological polar surface area (TPSA) is 52.0 Å². The van der Waals surface area contributed by atoms with Gasteiger partial charge in [0.05, 0.1) is 13.1 Å². The van der Waals surface area contributed by atoms with E-state index >= 15 is 0 Å². The van der Waals surface area contributed by atoms with Gasteiger partial charge in [0.1, 0.15) is 18.7 Å². The average Bonchev–Trinajstić information content (AvgIpc) is 2.86. The number of halogens is 1. The van der Waals surface area contributed by atoms with E-state index in [0.717, 1.165) is 22.6 Å². The van der Waals surface area contributed by atoms with Gasteiger partial charge in [-0.2, -0.15) is 5.10 Å². The maximum atomic E-state index is 5.68. The normalized spacial score (nSPS) is 11.0. The number of rotatable bonds is 8. The van der Waals surface area contributed by atoms with Crippen molar-refractivity contribution in [3.63, 3.8) is 0 Å². The molecule has 0 atom stereocenters. The van der Waals surface area contributed by atoms with E-state index < -0.39 is 0 Å². The summed E-state index contributed by atoms with van der Waals surface area (Å²) >= 11 is 3.42. The van der Waals surface area contributed by atoms with Crippen molar-refractivity contribution < 1.29 is 4.74 Å². The smallest absolute Gasteiger partial charge is 0.164 e. The molecule has 0 radical (unpaired) electrons. The Balaban J connectivity index is 1.72. The minimum atomic E-state index is 0.568. The van der Waals surface area contributed by atoms with E-state index in [9.17, 15) is 0 Å². The van der Waals surface area contributed by atoms with Crippen LogP contribution in [0.15, 0.2) is 35.1 Å². The first-order valence-corrected chi connectivity index (χ1v) is 7.90. The number of benzene rings is 1. The van der Waals surface area contributed by atoms with Crippen LogP contribution in [0.2, 0.25) is 0 Å². The summed E-state index contributed by atoms with van der Waals surface area (Å²) in [5, 5.41) is 7.74. The first kappa shape index (κ1) is 16.0. The van der Waals surface area contributed by atoms with E-state index in [-0.39, 0.29) is 0 Å². The zero-order chi connectivity index (χ0) is 15.1. The fourth-order valence-corrected chi connectivity index (χ4v) is 2.19.